The van der Waals surface area contributed by atoms with Crippen LogP contribution >= 0.6 is 11.3 Å². The molecule has 0 fully saturated rings. The van der Waals surface area contributed by atoms with Gasteiger partial charge in [-0.3, -0.25) is 9.20 Å². The fourth-order valence-electron chi connectivity index (χ4n) is 2.80. The Bertz CT molecular complexity index is 1100. The van der Waals surface area contributed by atoms with Gasteiger partial charge in [0.25, 0.3) is 0 Å². The average Bonchev–Trinajstić information content (AvgIpc) is 3.25. The minimum absolute atomic E-state index is 0.0974. The third-order valence-electron chi connectivity index (χ3n) is 4.08. The first-order valence-corrected chi connectivity index (χ1v) is 9.12. The maximum absolute atomic E-state index is 13.0. The van der Waals surface area contributed by atoms with Crippen molar-refractivity contribution in [2.75, 3.05) is 0 Å². The lowest BCUT2D eigenvalue weighted by Crippen LogP contribution is -2.13. The normalized spacial score (nSPS) is 11.0. The number of pyridine rings is 1. The number of hydrogen-bond donors (Lipinski definition) is 1. The Hall–Kier alpha value is -3.19. The smallest absolute Gasteiger partial charge is 0.222 e. The lowest BCUT2D eigenvalue weighted by Gasteiger charge is -2.06. The van der Waals surface area contributed by atoms with Gasteiger partial charge >= 0.3 is 0 Å². The quantitative estimate of drug-likeness (QED) is 0.552. The number of aromatic nitrogens is 2. The molecular weight excluding hydrogens is 365 g/mol. The number of imidazole rings is 1. The van der Waals surface area contributed by atoms with Crippen molar-refractivity contribution in [1.29, 1.82) is 0 Å². The number of nitrogens with zero attached hydrogens (tertiary/aromatic N) is 2. The summed E-state index contributed by atoms with van der Waals surface area (Å²) >= 11 is 1.45. The number of nitrogens with two attached hydrogens (primary N) is 1. The van der Waals surface area contributed by atoms with Crippen LogP contribution in [0.2, 0.25) is 0 Å². The fourth-order valence-corrected chi connectivity index (χ4v) is 3.92. The van der Waals surface area contributed by atoms with Crippen LogP contribution in [0.5, 0.6) is 5.75 Å². The van der Waals surface area contributed by atoms with Crippen LogP contribution in [0.1, 0.15) is 10.4 Å². The summed E-state index contributed by atoms with van der Waals surface area (Å²) in [5.41, 5.74) is 7.98. The Balaban J connectivity index is 1.65. The molecule has 2 N–H and O–H groups in total. The maximum Gasteiger partial charge on any atom is 0.222 e. The Morgan fingerprint density at radius 1 is 1.22 bits per heavy atom. The molecule has 4 rings (SSSR count). The highest BCUT2D eigenvalue weighted by Gasteiger charge is 2.16. The van der Waals surface area contributed by atoms with Gasteiger partial charge in [0.15, 0.2) is 0 Å². The zero-order valence-electron chi connectivity index (χ0n) is 14.3. The molecule has 0 radical (unpaired) electrons. The lowest BCUT2D eigenvalue weighted by atomic mass is 10.2. The number of rotatable bonds is 6. The van der Waals surface area contributed by atoms with E-state index in [-0.39, 0.29) is 18.8 Å². The van der Waals surface area contributed by atoms with E-state index in [0.29, 0.717) is 5.75 Å². The number of primary amides is 1. The van der Waals surface area contributed by atoms with Crippen molar-refractivity contribution >= 4 is 22.9 Å². The summed E-state index contributed by atoms with van der Waals surface area (Å²) in [6, 6.07) is 13.8. The van der Waals surface area contributed by atoms with Crippen molar-refractivity contribution < 1.29 is 13.9 Å². The van der Waals surface area contributed by atoms with Crippen molar-refractivity contribution in [2.24, 2.45) is 5.73 Å². The molecular formula is C20H16FN3O2S. The predicted molar refractivity (Wildman–Crippen MR) is 102 cm³/mol. The van der Waals surface area contributed by atoms with Gasteiger partial charge in [0.05, 0.1) is 28.1 Å². The summed E-state index contributed by atoms with van der Waals surface area (Å²) in [5, 5.41) is 0. The summed E-state index contributed by atoms with van der Waals surface area (Å²) in [6.45, 7) is 0.273. The highest BCUT2D eigenvalue weighted by Crippen LogP contribution is 2.37. The number of thiophene rings is 1. The predicted octanol–water partition coefficient (Wildman–Crippen LogP) is 3.81. The van der Waals surface area contributed by atoms with Crippen LogP contribution in [-0.4, -0.2) is 15.3 Å². The average molecular weight is 381 g/mol. The molecule has 0 aliphatic rings. The molecule has 7 heteroatoms. The monoisotopic (exact) mass is 381 g/mol. The Labute approximate surface area is 158 Å². The molecule has 0 saturated carbocycles. The van der Waals surface area contributed by atoms with Crippen LogP contribution in [0.3, 0.4) is 0 Å². The molecule has 0 atom stereocenters. The largest absolute Gasteiger partial charge is 0.488 e. The molecule has 0 aliphatic heterocycles. The molecule has 136 valence electrons. The number of amides is 1. The highest BCUT2D eigenvalue weighted by atomic mass is 32.1. The molecule has 0 spiro atoms. The van der Waals surface area contributed by atoms with Crippen molar-refractivity contribution in [2.45, 2.75) is 13.0 Å². The third kappa shape index (κ3) is 3.68. The Morgan fingerprint density at radius 2 is 2.04 bits per heavy atom. The van der Waals surface area contributed by atoms with Crippen molar-refractivity contribution in [1.82, 2.24) is 9.38 Å². The van der Waals surface area contributed by atoms with Crippen LogP contribution in [0.15, 0.2) is 60.9 Å². The van der Waals surface area contributed by atoms with E-state index in [1.165, 1.54) is 23.5 Å². The van der Waals surface area contributed by atoms with E-state index in [9.17, 15) is 9.18 Å². The van der Waals surface area contributed by atoms with Crippen molar-refractivity contribution in [3.8, 4) is 16.3 Å². The van der Waals surface area contributed by atoms with E-state index in [1.54, 1.807) is 18.3 Å². The van der Waals surface area contributed by atoms with E-state index in [4.69, 9.17) is 10.5 Å². The number of ether oxygens (including phenoxy) is 1. The zero-order chi connectivity index (χ0) is 18.8. The molecule has 3 aromatic heterocycles. The van der Waals surface area contributed by atoms with Gasteiger partial charge in [-0.2, -0.15) is 0 Å². The summed E-state index contributed by atoms with van der Waals surface area (Å²) in [6.07, 6.45) is 3.82. The van der Waals surface area contributed by atoms with Gasteiger partial charge in [0.1, 0.15) is 23.8 Å². The fraction of sp³-hybridized carbons (Fsp3) is 0.100. The molecule has 1 amide bonds. The number of fused-ring (bicyclic) bond motifs is 1. The molecule has 3 heterocycles. The first kappa shape index (κ1) is 17.2. The summed E-state index contributed by atoms with van der Waals surface area (Å²) in [5.74, 6) is -0.115. The topological polar surface area (TPSA) is 69.6 Å². The maximum atomic E-state index is 13.0. The van der Waals surface area contributed by atoms with E-state index in [1.807, 2.05) is 34.9 Å². The van der Waals surface area contributed by atoms with Gasteiger partial charge in [0, 0.05) is 12.3 Å². The van der Waals surface area contributed by atoms with Crippen LogP contribution in [0.4, 0.5) is 4.39 Å². The van der Waals surface area contributed by atoms with Gasteiger partial charge in [-0.1, -0.05) is 18.2 Å². The third-order valence-corrected chi connectivity index (χ3v) is 5.22. The van der Waals surface area contributed by atoms with Crippen LogP contribution in [-0.2, 0) is 17.8 Å². The Morgan fingerprint density at radius 3 is 2.81 bits per heavy atom. The highest BCUT2D eigenvalue weighted by molar-refractivity contribution is 7.15. The van der Waals surface area contributed by atoms with Gasteiger partial charge in [-0.15, -0.1) is 11.3 Å². The molecule has 5 nitrogen and oxygen atoms in total. The van der Waals surface area contributed by atoms with Crippen molar-refractivity contribution in [3.63, 3.8) is 0 Å². The number of benzene rings is 1. The van der Waals surface area contributed by atoms with Crippen LogP contribution < -0.4 is 10.5 Å². The minimum Gasteiger partial charge on any atom is -0.488 e. The standard InChI is InChI=1S/C20H16FN3O2S/c21-14-6-4-13(5-7-14)12-26-16-9-17(27-18(16)10-19(22)25)15-11-23-20-3-1-2-8-24(15)20/h1-9,11H,10,12H2,(H2,22,25). The minimum atomic E-state index is -0.423. The second-order valence-electron chi connectivity index (χ2n) is 6.03. The molecule has 0 saturated heterocycles. The summed E-state index contributed by atoms with van der Waals surface area (Å²) in [7, 11) is 0. The molecule has 4 aromatic rings. The van der Waals surface area contributed by atoms with Crippen LogP contribution in [0, 0.1) is 5.82 Å². The van der Waals surface area contributed by atoms with Crippen LogP contribution in [0.25, 0.3) is 16.2 Å². The van der Waals surface area contributed by atoms with E-state index in [0.717, 1.165) is 26.7 Å². The number of hydrogen-bond acceptors (Lipinski definition) is 4. The summed E-state index contributed by atoms with van der Waals surface area (Å²) < 4.78 is 20.9. The first-order valence-electron chi connectivity index (χ1n) is 8.31. The SMILES string of the molecule is NC(=O)Cc1sc(-c2cnc3ccccn23)cc1OCc1ccc(F)cc1. The molecule has 27 heavy (non-hydrogen) atoms. The molecule has 0 unspecified atom stereocenters. The number of halogens is 1. The first-order chi connectivity index (χ1) is 13.1. The second kappa shape index (κ2) is 7.20. The van der Waals surface area contributed by atoms with Gasteiger partial charge in [-0.25, -0.2) is 9.37 Å². The lowest BCUT2D eigenvalue weighted by molar-refractivity contribution is -0.117. The van der Waals surface area contributed by atoms with E-state index < -0.39 is 5.91 Å². The number of carbonyl (C=O) groups is 1. The van der Waals surface area contributed by atoms with E-state index >= 15 is 0 Å². The second-order valence-corrected chi connectivity index (χ2v) is 7.17. The number of carbonyl (C=O) groups excluding carboxylic acids is 1. The molecule has 1 aromatic carbocycles. The Kier molecular flexibility index (Phi) is 4.60. The van der Waals surface area contributed by atoms with Gasteiger partial charge in [0.2, 0.25) is 5.91 Å². The van der Waals surface area contributed by atoms with Gasteiger partial charge < -0.3 is 10.5 Å². The molecule has 0 aliphatic carbocycles. The zero-order valence-corrected chi connectivity index (χ0v) is 15.1. The summed E-state index contributed by atoms with van der Waals surface area (Å²) in [4.78, 5) is 17.5. The molecule has 0 bridgehead atoms. The van der Waals surface area contributed by atoms with Gasteiger partial charge in [-0.05, 0) is 29.8 Å². The van der Waals surface area contributed by atoms with E-state index in [2.05, 4.69) is 4.98 Å². The van der Waals surface area contributed by atoms with Crippen molar-refractivity contribution in [3.05, 3.63) is 77.2 Å².